The van der Waals surface area contributed by atoms with Crippen molar-refractivity contribution >= 4 is 11.6 Å². The van der Waals surface area contributed by atoms with Gasteiger partial charge in [-0.2, -0.15) is 0 Å². The molecule has 1 amide bonds. The number of hydrogen-bond donors (Lipinski definition) is 1. The number of para-hydroxylation sites is 1. The second kappa shape index (κ2) is 7.39. The molecule has 0 spiro atoms. The summed E-state index contributed by atoms with van der Waals surface area (Å²) in [6, 6.07) is 13.7. The molecule has 4 nitrogen and oxygen atoms in total. The number of carbonyl (C=O) groups excluding carboxylic acids is 1. The molecule has 0 radical (unpaired) electrons. The molecule has 0 saturated carbocycles. The number of nitrogens with one attached hydrogen (secondary N) is 1. The highest BCUT2D eigenvalue weighted by atomic mass is 16.5. The number of amides is 1. The molecule has 126 valence electrons. The predicted octanol–water partition coefficient (Wildman–Crippen LogP) is 4.29. The highest BCUT2D eigenvalue weighted by Crippen LogP contribution is 2.35. The number of aryl methyl sites for hydroxylation is 1. The minimum Gasteiger partial charge on any atom is -0.494 e. The molecule has 1 unspecified atom stereocenters. The second-order valence-corrected chi connectivity index (χ2v) is 6.04. The van der Waals surface area contributed by atoms with Crippen molar-refractivity contribution in [2.75, 3.05) is 18.5 Å². The molecular formula is C20H23NO3. The van der Waals surface area contributed by atoms with Gasteiger partial charge < -0.3 is 14.8 Å². The SMILES string of the molecule is CCOc1ccc(NC(=O)CC2CCOc3ccccc32)cc1C. The van der Waals surface area contributed by atoms with E-state index < -0.39 is 0 Å². The van der Waals surface area contributed by atoms with Crippen molar-refractivity contribution in [1.29, 1.82) is 0 Å². The average Bonchev–Trinajstić information content (AvgIpc) is 2.58. The van der Waals surface area contributed by atoms with E-state index in [0.717, 1.165) is 34.7 Å². The van der Waals surface area contributed by atoms with Crippen LogP contribution in [-0.2, 0) is 4.79 Å². The van der Waals surface area contributed by atoms with Crippen LogP contribution in [0.15, 0.2) is 42.5 Å². The maximum Gasteiger partial charge on any atom is 0.224 e. The first-order chi connectivity index (χ1) is 11.7. The molecule has 0 fully saturated rings. The van der Waals surface area contributed by atoms with E-state index in [4.69, 9.17) is 9.47 Å². The number of rotatable bonds is 5. The normalized spacial score (nSPS) is 16.0. The van der Waals surface area contributed by atoms with Gasteiger partial charge in [0, 0.05) is 12.1 Å². The first-order valence-electron chi connectivity index (χ1n) is 8.42. The van der Waals surface area contributed by atoms with Crippen LogP contribution in [0.2, 0.25) is 0 Å². The molecule has 1 aliphatic heterocycles. The Labute approximate surface area is 142 Å². The Bertz CT molecular complexity index is 727. The molecule has 24 heavy (non-hydrogen) atoms. The number of fused-ring (bicyclic) bond motifs is 1. The number of benzene rings is 2. The third kappa shape index (κ3) is 3.70. The second-order valence-electron chi connectivity index (χ2n) is 6.04. The summed E-state index contributed by atoms with van der Waals surface area (Å²) in [5, 5.41) is 2.99. The minimum atomic E-state index is 0.0280. The van der Waals surface area contributed by atoms with Gasteiger partial charge in [0.05, 0.1) is 13.2 Å². The molecular weight excluding hydrogens is 302 g/mol. The average molecular weight is 325 g/mol. The third-order valence-corrected chi connectivity index (χ3v) is 4.27. The van der Waals surface area contributed by atoms with Crippen molar-refractivity contribution in [2.24, 2.45) is 0 Å². The van der Waals surface area contributed by atoms with Crippen molar-refractivity contribution in [2.45, 2.75) is 32.6 Å². The summed E-state index contributed by atoms with van der Waals surface area (Å²) < 4.78 is 11.2. The van der Waals surface area contributed by atoms with Crippen molar-refractivity contribution in [3.05, 3.63) is 53.6 Å². The van der Waals surface area contributed by atoms with Crippen molar-refractivity contribution in [3.8, 4) is 11.5 Å². The topological polar surface area (TPSA) is 47.6 Å². The van der Waals surface area contributed by atoms with E-state index in [-0.39, 0.29) is 11.8 Å². The summed E-state index contributed by atoms with van der Waals surface area (Å²) in [6.07, 6.45) is 1.33. The largest absolute Gasteiger partial charge is 0.494 e. The molecule has 2 aromatic carbocycles. The lowest BCUT2D eigenvalue weighted by Gasteiger charge is -2.25. The molecule has 0 saturated heterocycles. The van der Waals surface area contributed by atoms with Crippen LogP contribution in [0, 0.1) is 6.92 Å². The van der Waals surface area contributed by atoms with Gasteiger partial charge in [-0.3, -0.25) is 4.79 Å². The van der Waals surface area contributed by atoms with Crippen LogP contribution in [0.1, 0.15) is 36.8 Å². The monoisotopic (exact) mass is 325 g/mol. The summed E-state index contributed by atoms with van der Waals surface area (Å²) in [4.78, 5) is 12.4. The smallest absolute Gasteiger partial charge is 0.224 e. The van der Waals surface area contributed by atoms with Crippen LogP contribution >= 0.6 is 0 Å². The zero-order valence-electron chi connectivity index (χ0n) is 14.2. The van der Waals surface area contributed by atoms with Gasteiger partial charge in [-0.05, 0) is 61.6 Å². The molecule has 1 atom stereocenters. The van der Waals surface area contributed by atoms with Crippen LogP contribution in [0.25, 0.3) is 0 Å². The summed E-state index contributed by atoms with van der Waals surface area (Å²) in [7, 11) is 0. The Balaban J connectivity index is 1.65. The fourth-order valence-electron chi connectivity index (χ4n) is 3.11. The van der Waals surface area contributed by atoms with Crippen LogP contribution < -0.4 is 14.8 Å². The van der Waals surface area contributed by atoms with E-state index in [2.05, 4.69) is 5.32 Å². The quantitative estimate of drug-likeness (QED) is 0.892. The molecule has 4 heteroatoms. The van der Waals surface area contributed by atoms with Gasteiger partial charge in [0.25, 0.3) is 0 Å². The first kappa shape index (κ1) is 16.4. The summed E-state index contributed by atoms with van der Waals surface area (Å²) >= 11 is 0. The van der Waals surface area contributed by atoms with E-state index >= 15 is 0 Å². The maximum atomic E-state index is 12.4. The van der Waals surface area contributed by atoms with Crippen molar-refractivity contribution in [3.63, 3.8) is 0 Å². The van der Waals surface area contributed by atoms with Gasteiger partial charge in [-0.1, -0.05) is 18.2 Å². The number of ether oxygens (including phenoxy) is 2. The summed E-state index contributed by atoms with van der Waals surface area (Å²) in [6.45, 7) is 5.24. The standard InChI is InChI=1S/C20H23NO3/c1-3-23-18-9-8-16(12-14(18)2)21-20(22)13-15-10-11-24-19-7-5-4-6-17(15)19/h4-9,12,15H,3,10-11,13H2,1-2H3,(H,21,22). The Kier molecular flexibility index (Phi) is 5.04. The van der Waals surface area contributed by atoms with Gasteiger partial charge in [0.1, 0.15) is 11.5 Å². The highest BCUT2D eigenvalue weighted by Gasteiger charge is 2.23. The molecule has 0 bridgehead atoms. The summed E-state index contributed by atoms with van der Waals surface area (Å²) in [5.74, 6) is 1.99. The van der Waals surface area contributed by atoms with E-state index in [9.17, 15) is 4.79 Å². The first-order valence-corrected chi connectivity index (χ1v) is 8.42. The third-order valence-electron chi connectivity index (χ3n) is 4.27. The molecule has 1 heterocycles. The van der Waals surface area contributed by atoms with Crippen molar-refractivity contribution < 1.29 is 14.3 Å². The van der Waals surface area contributed by atoms with Gasteiger partial charge in [-0.15, -0.1) is 0 Å². The van der Waals surface area contributed by atoms with E-state index in [1.165, 1.54) is 0 Å². The molecule has 2 aromatic rings. The molecule has 1 N–H and O–H groups in total. The minimum absolute atomic E-state index is 0.0280. The molecule has 1 aliphatic rings. The van der Waals surface area contributed by atoms with Gasteiger partial charge >= 0.3 is 0 Å². The lowest BCUT2D eigenvalue weighted by atomic mass is 9.90. The Morgan fingerprint density at radius 1 is 1.29 bits per heavy atom. The lowest BCUT2D eigenvalue weighted by molar-refractivity contribution is -0.116. The van der Waals surface area contributed by atoms with Gasteiger partial charge in [-0.25, -0.2) is 0 Å². The maximum absolute atomic E-state index is 12.4. The Morgan fingerprint density at radius 3 is 2.92 bits per heavy atom. The zero-order valence-corrected chi connectivity index (χ0v) is 14.2. The van der Waals surface area contributed by atoms with Crippen LogP contribution in [0.5, 0.6) is 11.5 Å². The van der Waals surface area contributed by atoms with E-state index in [1.807, 2.05) is 56.3 Å². The van der Waals surface area contributed by atoms with Crippen LogP contribution in [0.4, 0.5) is 5.69 Å². The van der Waals surface area contributed by atoms with Gasteiger partial charge in [0.15, 0.2) is 0 Å². The number of carbonyl (C=O) groups is 1. The summed E-state index contributed by atoms with van der Waals surface area (Å²) in [5.41, 5.74) is 2.95. The van der Waals surface area contributed by atoms with E-state index in [0.29, 0.717) is 19.6 Å². The number of hydrogen-bond acceptors (Lipinski definition) is 3. The molecule has 0 aromatic heterocycles. The lowest BCUT2D eigenvalue weighted by Crippen LogP contribution is -2.20. The molecule has 3 rings (SSSR count). The zero-order chi connectivity index (χ0) is 16.9. The fraction of sp³-hybridized carbons (Fsp3) is 0.350. The predicted molar refractivity (Wildman–Crippen MR) is 94.9 cm³/mol. The fourth-order valence-corrected chi connectivity index (χ4v) is 3.11. The van der Waals surface area contributed by atoms with Gasteiger partial charge in [0.2, 0.25) is 5.91 Å². The molecule has 0 aliphatic carbocycles. The van der Waals surface area contributed by atoms with E-state index in [1.54, 1.807) is 0 Å². The highest BCUT2D eigenvalue weighted by molar-refractivity contribution is 5.91. The number of anilines is 1. The Morgan fingerprint density at radius 2 is 2.12 bits per heavy atom. The Hall–Kier alpha value is -2.49. The van der Waals surface area contributed by atoms with Crippen molar-refractivity contribution in [1.82, 2.24) is 0 Å². The van der Waals surface area contributed by atoms with Crippen LogP contribution in [0.3, 0.4) is 0 Å². The van der Waals surface area contributed by atoms with Crippen LogP contribution in [-0.4, -0.2) is 19.1 Å².